The van der Waals surface area contributed by atoms with Crippen LogP contribution in [-0.4, -0.2) is 46.9 Å². The summed E-state index contributed by atoms with van der Waals surface area (Å²) in [4.78, 5) is 26.1. The summed E-state index contributed by atoms with van der Waals surface area (Å²) < 4.78 is 5.83. The number of aliphatic hydroxyl groups excluding tert-OH is 2. The number of carbonyl (C=O) groups excluding carboxylic acids is 2. The van der Waals surface area contributed by atoms with Crippen molar-refractivity contribution in [3.63, 3.8) is 0 Å². The number of ether oxygens (including phenoxy) is 1. The Hall–Kier alpha value is -2.70. The molecule has 6 nitrogen and oxygen atoms in total. The van der Waals surface area contributed by atoms with Crippen LogP contribution in [0.15, 0.2) is 72.9 Å². The van der Waals surface area contributed by atoms with Crippen molar-refractivity contribution >= 4 is 11.9 Å². The molecule has 0 saturated carbocycles. The second-order valence-corrected chi connectivity index (χ2v) is 18.7. The zero-order valence-corrected chi connectivity index (χ0v) is 42.9. The molecule has 0 saturated heterocycles. The van der Waals surface area contributed by atoms with E-state index in [1.165, 1.54) is 148 Å². The smallest absolute Gasteiger partial charge is 0.306 e. The van der Waals surface area contributed by atoms with Crippen LogP contribution in [0.4, 0.5) is 0 Å². The lowest BCUT2D eigenvalue weighted by Gasteiger charge is -2.23. The predicted molar refractivity (Wildman–Crippen MR) is 282 cm³/mol. The molecule has 0 radical (unpaired) electrons. The van der Waals surface area contributed by atoms with Gasteiger partial charge in [-0.3, -0.25) is 9.59 Å². The molecule has 3 N–H and O–H groups in total. The topological polar surface area (TPSA) is 95.9 Å². The fourth-order valence-corrected chi connectivity index (χ4v) is 8.11. The van der Waals surface area contributed by atoms with Gasteiger partial charge in [-0.15, -0.1) is 0 Å². The standard InChI is InChI=1S/C59H105NO5/c1-4-7-10-13-16-19-22-24-26-28-30-32-34-37-40-43-46-49-52-59(64)65-55(50-47-44-41-38-35-21-18-15-12-9-6-3)53-58(63)60-56(54-61)57(62)51-48-45-42-39-36-33-31-29-27-25-23-20-17-14-11-8-5-2/h16,19,22,24,26,28,30,32,38,41,47,50,55-57,61-62H,4-15,17-18,20-21,23,25,27,29,31,33-37,39-40,42-46,48-49,51-54H2,1-3H3,(H,60,63)/b19-16+,24-22+,28-26+,32-30+,41-38-,50-47+. The summed E-state index contributed by atoms with van der Waals surface area (Å²) in [7, 11) is 0. The Kier molecular flexibility index (Phi) is 50.1. The van der Waals surface area contributed by atoms with Crippen LogP contribution in [0.1, 0.15) is 265 Å². The highest BCUT2D eigenvalue weighted by molar-refractivity contribution is 5.78. The lowest BCUT2D eigenvalue weighted by Crippen LogP contribution is -2.46. The predicted octanol–water partition coefficient (Wildman–Crippen LogP) is 17.0. The molecule has 0 aromatic heterocycles. The van der Waals surface area contributed by atoms with Gasteiger partial charge in [0, 0.05) is 6.42 Å². The van der Waals surface area contributed by atoms with Gasteiger partial charge >= 0.3 is 5.97 Å². The van der Waals surface area contributed by atoms with E-state index in [0.29, 0.717) is 19.3 Å². The van der Waals surface area contributed by atoms with Crippen molar-refractivity contribution in [3.8, 4) is 0 Å². The molecule has 0 fully saturated rings. The fraction of sp³-hybridized carbons (Fsp3) is 0.763. The molecule has 0 aromatic rings. The first-order valence-electron chi connectivity index (χ1n) is 27.7. The van der Waals surface area contributed by atoms with Crippen molar-refractivity contribution in [1.29, 1.82) is 0 Å². The van der Waals surface area contributed by atoms with E-state index in [1.807, 2.05) is 12.2 Å². The molecule has 376 valence electrons. The van der Waals surface area contributed by atoms with Crippen molar-refractivity contribution in [1.82, 2.24) is 5.32 Å². The van der Waals surface area contributed by atoms with Crippen LogP contribution in [0.3, 0.4) is 0 Å². The molecule has 0 aromatic carbocycles. The molecule has 0 aliphatic carbocycles. The minimum absolute atomic E-state index is 0.0405. The van der Waals surface area contributed by atoms with Crippen molar-refractivity contribution in [2.75, 3.05) is 6.61 Å². The molecule has 65 heavy (non-hydrogen) atoms. The third kappa shape index (κ3) is 47.6. The molecule has 0 rings (SSSR count). The highest BCUT2D eigenvalue weighted by atomic mass is 16.5. The van der Waals surface area contributed by atoms with Crippen LogP contribution in [-0.2, 0) is 14.3 Å². The maximum absolute atomic E-state index is 13.2. The third-order valence-corrected chi connectivity index (χ3v) is 12.3. The average molecular weight is 908 g/mol. The maximum atomic E-state index is 13.2. The fourth-order valence-electron chi connectivity index (χ4n) is 8.11. The van der Waals surface area contributed by atoms with Crippen LogP contribution >= 0.6 is 0 Å². The molecule has 6 heteroatoms. The van der Waals surface area contributed by atoms with E-state index in [1.54, 1.807) is 0 Å². The third-order valence-electron chi connectivity index (χ3n) is 12.3. The van der Waals surface area contributed by atoms with Gasteiger partial charge in [-0.05, 0) is 63.9 Å². The number of carbonyl (C=O) groups is 2. The first-order chi connectivity index (χ1) is 32.0. The number of rotatable bonds is 49. The molecule has 0 bridgehead atoms. The summed E-state index contributed by atoms with van der Waals surface area (Å²) in [5.41, 5.74) is 0. The molecule has 0 heterocycles. The Morgan fingerprint density at radius 2 is 0.877 bits per heavy atom. The monoisotopic (exact) mass is 908 g/mol. The van der Waals surface area contributed by atoms with E-state index in [-0.39, 0.29) is 24.9 Å². The first-order valence-corrected chi connectivity index (χ1v) is 27.7. The number of hydrogen-bond acceptors (Lipinski definition) is 5. The normalized spacial score (nSPS) is 13.7. The van der Waals surface area contributed by atoms with Gasteiger partial charge in [0.25, 0.3) is 0 Å². The molecule has 0 spiro atoms. The summed E-state index contributed by atoms with van der Waals surface area (Å²) in [6, 6.07) is -0.740. The summed E-state index contributed by atoms with van der Waals surface area (Å²) in [5, 5.41) is 23.8. The van der Waals surface area contributed by atoms with E-state index in [4.69, 9.17) is 4.74 Å². The summed E-state index contributed by atoms with van der Waals surface area (Å²) in [5.74, 6) is -0.628. The van der Waals surface area contributed by atoms with E-state index in [0.717, 1.165) is 70.6 Å². The zero-order valence-electron chi connectivity index (χ0n) is 42.9. The van der Waals surface area contributed by atoms with Crippen LogP contribution in [0.5, 0.6) is 0 Å². The van der Waals surface area contributed by atoms with E-state index >= 15 is 0 Å². The molecular weight excluding hydrogens is 803 g/mol. The second-order valence-electron chi connectivity index (χ2n) is 18.7. The first kappa shape index (κ1) is 62.3. The minimum atomic E-state index is -0.818. The van der Waals surface area contributed by atoms with Gasteiger partial charge in [0.2, 0.25) is 5.91 Å². The maximum Gasteiger partial charge on any atom is 0.306 e. The quantitative estimate of drug-likeness (QED) is 0.0245. The number of aliphatic hydroxyl groups is 2. The number of allylic oxidation sites excluding steroid dienone is 11. The number of hydrogen-bond donors (Lipinski definition) is 3. The molecule has 1 amide bonds. The van der Waals surface area contributed by atoms with Gasteiger partial charge in [0.05, 0.1) is 25.2 Å². The number of esters is 1. The highest BCUT2D eigenvalue weighted by Crippen LogP contribution is 2.16. The van der Waals surface area contributed by atoms with E-state index in [9.17, 15) is 19.8 Å². The Morgan fingerprint density at radius 1 is 0.477 bits per heavy atom. The molecule has 3 unspecified atom stereocenters. The average Bonchev–Trinajstić information content (AvgIpc) is 3.30. The van der Waals surface area contributed by atoms with Crippen LogP contribution in [0.2, 0.25) is 0 Å². The van der Waals surface area contributed by atoms with Gasteiger partial charge in [-0.1, -0.05) is 261 Å². The van der Waals surface area contributed by atoms with Gasteiger partial charge in [-0.2, -0.15) is 0 Å². The number of unbranched alkanes of at least 4 members (excludes halogenated alkanes) is 30. The van der Waals surface area contributed by atoms with E-state index < -0.39 is 18.2 Å². The Morgan fingerprint density at radius 3 is 1.37 bits per heavy atom. The largest absolute Gasteiger partial charge is 0.458 e. The summed E-state index contributed by atoms with van der Waals surface area (Å²) in [6.45, 7) is 6.41. The summed E-state index contributed by atoms with van der Waals surface area (Å²) in [6.07, 6.45) is 67.1. The number of nitrogens with one attached hydrogen (secondary N) is 1. The van der Waals surface area contributed by atoms with Crippen LogP contribution in [0.25, 0.3) is 0 Å². The van der Waals surface area contributed by atoms with E-state index in [2.05, 4.69) is 86.8 Å². The van der Waals surface area contributed by atoms with Gasteiger partial charge in [0.1, 0.15) is 6.10 Å². The molecule has 3 atom stereocenters. The lowest BCUT2D eigenvalue weighted by molar-refractivity contribution is -0.148. The molecule has 0 aliphatic heterocycles. The number of amides is 1. The lowest BCUT2D eigenvalue weighted by atomic mass is 10.0. The van der Waals surface area contributed by atoms with Crippen molar-refractivity contribution in [2.24, 2.45) is 0 Å². The van der Waals surface area contributed by atoms with Gasteiger partial charge in [-0.25, -0.2) is 0 Å². The minimum Gasteiger partial charge on any atom is -0.458 e. The van der Waals surface area contributed by atoms with Crippen LogP contribution < -0.4 is 5.32 Å². The Balaban J connectivity index is 4.58. The summed E-state index contributed by atoms with van der Waals surface area (Å²) >= 11 is 0. The second kappa shape index (κ2) is 52.3. The van der Waals surface area contributed by atoms with Crippen molar-refractivity contribution in [3.05, 3.63) is 72.9 Å². The zero-order chi connectivity index (χ0) is 47.4. The SMILES string of the molecule is CCCCC/C=C/C=C/C=C/C=C/CCCCCCCC(=O)OC(/C=C/C/C=C\CCCCCCCC)CC(=O)NC(CO)C(O)CCCCCCCCCCCCCCCCCCC. The molecular formula is C59H105NO5. The highest BCUT2D eigenvalue weighted by Gasteiger charge is 2.23. The van der Waals surface area contributed by atoms with Crippen molar-refractivity contribution < 1.29 is 24.5 Å². The van der Waals surface area contributed by atoms with Gasteiger partial charge < -0.3 is 20.3 Å². The molecule has 0 aliphatic rings. The van der Waals surface area contributed by atoms with Crippen LogP contribution in [0, 0.1) is 0 Å². The van der Waals surface area contributed by atoms with Crippen molar-refractivity contribution in [2.45, 2.75) is 283 Å². The van der Waals surface area contributed by atoms with Gasteiger partial charge in [0.15, 0.2) is 0 Å². The Labute approximate surface area is 402 Å². The Bertz CT molecular complexity index is 1200.